The molecule has 3 aromatic rings. The minimum absolute atomic E-state index is 0.0973. The van der Waals surface area contributed by atoms with Gasteiger partial charge in [-0.2, -0.15) is 0 Å². The van der Waals surface area contributed by atoms with Crippen LogP contribution in [0, 0.1) is 0 Å². The Bertz CT molecular complexity index is 1080. The summed E-state index contributed by atoms with van der Waals surface area (Å²) < 4.78 is 13.1. The first kappa shape index (κ1) is 19.1. The van der Waals surface area contributed by atoms with E-state index >= 15 is 0 Å². The van der Waals surface area contributed by atoms with Crippen molar-refractivity contribution in [3.63, 3.8) is 0 Å². The number of ether oxygens (including phenoxy) is 2. The quantitative estimate of drug-likeness (QED) is 0.689. The fourth-order valence-electron chi connectivity index (χ4n) is 4.04. The molecule has 0 spiro atoms. The van der Waals surface area contributed by atoms with Crippen molar-refractivity contribution in [3.8, 4) is 11.5 Å². The maximum atomic E-state index is 12.6. The van der Waals surface area contributed by atoms with Crippen LogP contribution in [0.2, 0.25) is 5.02 Å². The van der Waals surface area contributed by atoms with Gasteiger partial charge in [0.2, 0.25) is 5.91 Å². The van der Waals surface area contributed by atoms with Gasteiger partial charge in [-0.15, -0.1) is 10.2 Å². The Morgan fingerprint density at radius 2 is 1.90 bits per heavy atom. The van der Waals surface area contributed by atoms with E-state index in [9.17, 15) is 4.79 Å². The molecule has 30 heavy (non-hydrogen) atoms. The lowest BCUT2D eigenvalue weighted by Gasteiger charge is -2.30. The second-order valence-corrected chi connectivity index (χ2v) is 7.97. The van der Waals surface area contributed by atoms with Crippen molar-refractivity contribution in [2.75, 3.05) is 38.2 Å². The molecular weight excluding hydrogens is 406 g/mol. The van der Waals surface area contributed by atoms with E-state index in [0.29, 0.717) is 47.9 Å². The number of rotatable bonds is 4. The molecule has 4 heterocycles. The molecule has 1 fully saturated rings. The zero-order valence-corrected chi connectivity index (χ0v) is 17.1. The van der Waals surface area contributed by atoms with Crippen LogP contribution < -0.4 is 14.8 Å². The first-order valence-electron chi connectivity index (χ1n) is 10.1. The van der Waals surface area contributed by atoms with Crippen LogP contribution in [0.25, 0.3) is 5.65 Å². The van der Waals surface area contributed by atoms with Crippen LogP contribution in [0.5, 0.6) is 11.5 Å². The van der Waals surface area contributed by atoms with Crippen LogP contribution in [0.15, 0.2) is 36.5 Å². The largest absolute Gasteiger partial charge is 0.486 e. The third-order valence-corrected chi connectivity index (χ3v) is 5.88. The molecule has 2 aliphatic heterocycles. The summed E-state index contributed by atoms with van der Waals surface area (Å²) in [4.78, 5) is 14.7. The van der Waals surface area contributed by atoms with Crippen molar-refractivity contribution in [2.24, 2.45) is 0 Å². The predicted octanol–water partition coefficient (Wildman–Crippen LogP) is 2.97. The number of fused-ring (bicyclic) bond motifs is 2. The molecule has 1 aromatic carbocycles. The summed E-state index contributed by atoms with van der Waals surface area (Å²) in [6.45, 7) is 2.95. The smallest absolute Gasteiger partial charge is 0.238 e. The molecule has 9 heteroatoms. The van der Waals surface area contributed by atoms with Crippen molar-refractivity contribution in [2.45, 2.75) is 18.8 Å². The summed E-state index contributed by atoms with van der Waals surface area (Å²) in [7, 11) is 0. The number of carbonyl (C=O) groups is 1. The molecule has 1 N–H and O–H groups in total. The molecule has 0 aliphatic carbocycles. The highest BCUT2D eigenvalue weighted by molar-refractivity contribution is 6.34. The fraction of sp³-hybridized carbons (Fsp3) is 0.381. The predicted molar refractivity (Wildman–Crippen MR) is 112 cm³/mol. The Kier molecular flexibility index (Phi) is 5.18. The van der Waals surface area contributed by atoms with E-state index < -0.39 is 0 Å². The van der Waals surface area contributed by atoms with Gasteiger partial charge < -0.3 is 14.8 Å². The molecule has 0 bridgehead atoms. The third kappa shape index (κ3) is 3.80. The van der Waals surface area contributed by atoms with Gasteiger partial charge in [-0.05, 0) is 38.1 Å². The minimum Gasteiger partial charge on any atom is -0.486 e. The van der Waals surface area contributed by atoms with Crippen LogP contribution in [0.3, 0.4) is 0 Å². The molecule has 5 rings (SSSR count). The third-order valence-electron chi connectivity index (χ3n) is 5.57. The second-order valence-electron chi connectivity index (χ2n) is 7.56. The molecule has 156 valence electrons. The van der Waals surface area contributed by atoms with E-state index in [-0.39, 0.29) is 5.91 Å². The normalized spacial score (nSPS) is 17.2. The number of carbonyl (C=O) groups excluding carboxylic acids is 1. The topological polar surface area (TPSA) is 81.0 Å². The van der Waals surface area contributed by atoms with Gasteiger partial charge in [0, 0.05) is 24.2 Å². The van der Waals surface area contributed by atoms with E-state index in [1.165, 1.54) is 0 Å². The first-order chi connectivity index (χ1) is 14.7. The van der Waals surface area contributed by atoms with Crippen LogP contribution >= 0.6 is 11.6 Å². The number of nitrogens with zero attached hydrogens (tertiary/aromatic N) is 4. The zero-order chi connectivity index (χ0) is 20.5. The van der Waals surface area contributed by atoms with Crippen molar-refractivity contribution in [1.29, 1.82) is 0 Å². The number of nitrogens with one attached hydrogen (secondary N) is 1. The van der Waals surface area contributed by atoms with Crippen LogP contribution in [0.4, 0.5) is 5.69 Å². The summed E-state index contributed by atoms with van der Waals surface area (Å²) in [5.41, 5.74) is 1.40. The number of halogens is 1. The monoisotopic (exact) mass is 427 g/mol. The number of likely N-dealkylation sites (tertiary alicyclic amines) is 1. The number of amides is 1. The van der Waals surface area contributed by atoms with Crippen molar-refractivity contribution < 1.29 is 14.3 Å². The molecule has 0 saturated carbocycles. The number of piperidine rings is 1. The lowest BCUT2D eigenvalue weighted by Crippen LogP contribution is -2.39. The van der Waals surface area contributed by atoms with Crippen LogP contribution in [0.1, 0.15) is 24.6 Å². The van der Waals surface area contributed by atoms with Crippen molar-refractivity contribution >= 4 is 28.8 Å². The van der Waals surface area contributed by atoms with Crippen LogP contribution in [-0.4, -0.2) is 58.3 Å². The number of aromatic nitrogens is 3. The zero-order valence-electron chi connectivity index (χ0n) is 16.4. The van der Waals surface area contributed by atoms with Gasteiger partial charge in [0.15, 0.2) is 17.1 Å². The summed E-state index contributed by atoms with van der Waals surface area (Å²) in [5.74, 6) is 2.45. The Morgan fingerprint density at radius 3 is 2.70 bits per heavy atom. The molecule has 8 nitrogen and oxygen atoms in total. The molecule has 1 saturated heterocycles. The van der Waals surface area contributed by atoms with Crippen LogP contribution in [-0.2, 0) is 4.79 Å². The fourth-order valence-corrected chi connectivity index (χ4v) is 4.24. The lowest BCUT2D eigenvalue weighted by molar-refractivity contribution is -0.117. The Labute approximate surface area is 178 Å². The molecule has 0 radical (unpaired) electrons. The summed E-state index contributed by atoms with van der Waals surface area (Å²) in [5, 5.41) is 12.0. The van der Waals surface area contributed by atoms with Gasteiger partial charge in [0.25, 0.3) is 0 Å². The van der Waals surface area contributed by atoms with E-state index in [1.54, 1.807) is 12.1 Å². The van der Waals surface area contributed by atoms with E-state index in [0.717, 1.165) is 37.4 Å². The Morgan fingerprint density at radius 1 is 1.13 bits per heavy atom. The van der Waals surface area contributed by atoms with E-state index in [1.807, 2.05) is 24.4 Å². The SMILES string of the molecule is O=C(CN1CCC(c2nnc3ccccn23)CC1)Nc1cc2c(cc1Cl)OCCO2. The highest BCUT2D eigenvalue weighted by atomic mass is 35.5. The Balaban J connectivity index is 1.18. The van der Waals surface area contributed by atoms with Gasteiger partial charge in [0.1, 0.15) is 19.0 Å². The second kappa shape index (κ2) is 8.12. The molecule has 1 amide bonds. The average Bonchev–Trinajstić information content (AvgIpc) is 3.19. The van der Waals surface area contributed by atoms with Gasteiger partial charge in [0.05, 0.1) is 17.3 Å². The minimum atomic E-state index is -0.0973. The van der Waals surface area contributed by atoms with Gasteiger partial charge in [-0.25, -0.2) is 0 Å². The maximum absolute atomic E-state index is 12.6. The number of anilines is 1. The van der Waals surface area contributed by atoms with Crippen molar-refractivity contribution in [3.05, 3.63) is 47.4 Å². The van der Waals surface area contributed by atoms with E-state index in [2.05, 4.69) is 24.8 Å². The average molecular weight is 428 g/mol. The number of hydrogen-bond donors (Lipinski definition) is 1. The van der Waals surface area contributed by atoms with Crippen molar-refractivity contribution in [1.82, 2.24) is 19.5 Å². The number of pyridine rings is 1. The summed E-state index contributed by atoms with van der Waals surface area (Å²) in [6.07, 6.45) is 3.88. The number of benzene rings is 1. The highest BCUT2D eigenvalue weighted by Gasteiger charge is 2.26. The lowest BCUT2D eigenvalue weighted by atomic mass is 9.96. The summed E-state index contributed by atoms with van der Waals surface area (Å²) >= 11 is 6.29. The molecule has 2 aliphatic rings. The van der Waals surface area contributed by atoms with Gasteiger partial charge in [-0.3, -0.25) is 14.1 Å². The molecule has 0 atom stereocenters. The highest BCUT2D eigenvalue weighted by Crippen LogP contribution is 2.38. The molecular formula is C21H22ClN5O3. The number of hydrogen-bond acceptors (Lipinski definition) is 6. The summed E-state index contributed by atoms with van der Waals surface area (Å²) in [6, 6.07) is 9.31. The molecule has 2 aromatic heterocycles. The first-order valence-corrected chi connectivity index (χ1v) is 10.5. The van der Waals surface area contributed by atoms with Gasteiger partial charge >= 0.3 is 0 Å². The molecule has 0 unspecified atom stereocenters. The van der Waals surface area contributed by atoms with Gasteiger partial charge in [-0.1, -0.05) is 17.7 Å². The Hall–Kier alpha value is -2.84. The van der Waals surface area contributed by atoms with E-state index in [4.69, 9.17) is 21.1 Å². The standard InChI is InChI=1S/C21H22ClN5O3/c22-15-11-17-18(30-10-9-29-17)12-16(15)23-20(28)13-26-7-4-14(5-8-26)21-25-24-19-3-1-2-6-27(19)21/h1-3,6,11-12,14H,4-5,7-10,13H2,(H,23,28). The maximum Gasteiger partial charge on any atom is 0.238 e.